The fourth-order valence-electron chi connectivity index (χ4n) is 2.14. The van der Waals surface area contributed by atoms with E-state index >= 15 is 0 Å². The van der Waals surface area contributed by atoms with E-state index in [1.807, 2.05) is 19.2 Å². The SMILES string of the molecule is CN(Cc1ccc2ccccc2c1)C(=O)CCCN. The van der Waals surface area contributed by atoms with Gasteiger partial charge in [0.05, 0.1) is 0 Å². The van der Waals surface area contributed by atoms with Crippen LogP contribution in [0.5, 0.6) is 0 Å². The van der Waals surface area contributed by atoms with E-state index in [-0.39, 0.29) is 5.91 Å². The van der Waals surface area contributed by atoms with E-state index in [4.69, 9.17) is 5.73 Å². The van der Waals surface area contributed by atoms with Gasteiger partial charge < -0.3 is 10.6 Å². The third-order valence-electron chi connectivity index (χ3n) is 3.25. The minimum absolute atomic E-state index is 0.151. The number of amides is 1. The number of carbonyl (C=O) groups excluding carboxylic acids is 1. The van der Waals surface area contributed by atoms with E-state index in [0.29, 0.717) is 19.5 Å². The van der Waals surface area contributed by atoms with Crippen LogP contribution in [0.3, 0.4) is 0 Å². The molecule has 0 unspecified atom stereocenters. The van der Waals surface area contributed by atoms with Gasteiger partial charge in [0.2, 0.25) is 5.91 Å². The van der Waals surface area contributed by atoms with Crippen molar-refractivity contribution >= 4 is 16.7 Å². The molecule has 3 heteroatoms. The third kappa shape index (κ3) is 3.55. The van der Waals surface area contributed by atoms with Crippen molar-refractivity contribution in [1.82, 2.24) is 4.90 Å². The molecule has 19 heavy (non-hydrogen) atoms. The predicted molar refractivity (Wildman–Crippen MR) is 78.7 cm³/mol. The van der Waals surface area contributed by atoms with E-state index < -0.39 is 0 Å². The molecule has 0 heterocycles. The molecule has 2 rings (SSSR count). The quantitative estimate of drug-likeness (QED) is 0.893. The molecule has 0 saturated heterocycles. The van der Waals surface area contributed by atoms with Crippen LogP contribution in [0.15, 0.2) is 42.5 Å². The molecule has 0 bridgehead atoms. The van der Waals surface area contributed by atoms with Gasteiger partial charge in [-0.15, -0.1) is 0 Å². The zero-order valence-corrected chi connectivity index (χ0v) is 11.3. The second kappa shape index (κ2) is 6.34. The Balaban J connectivity index is 2.06. The lowest BCUT2D eigenvalue weighted by atomic mass is 10.1. The molecule has 0 radical (unpaired) electrons. The highest BCUT2D eigenvalue weighted by molar-refractivity contribution is 5.83. The maximum absolute atomic E-state index is 11.8. The van der Waals surface area contributed by atoms with E-state index in [1.54, 1.807) is 4.90 Å². The molecule has 0 spiro atoms. The molecule has 2 aromatic carbocycles. The molecule has 0 aliphatic carbocycles. The summed E-state index contributed by atoms with van der Waals surface area (Å²) < 4.78 is 0. The van der Waals surface area contributed by atoms with E-state index in [1.165, 1.54) is 10.8 Å². The van der Waals surface area contributed by atoms with Crippen LogP contribution in [0, 0.1) is 0 Å². The van der Waals surface area contributed by atoms with Gasteiger partial charge >= 0.3 is 0 Å². The molecular formula is C16H20N2O. The summed E-state index contributed by atoms with van der Waals surface area (Å²) in [6.07, 6.45) is 1.28. The number of carbonyl (C=O) groups is 1. The summed E-state index contributed by atoms with van der Waals surface area (Å²) in [5.74, 6) is 0.151. The third-order valence-corrected chi connectivity index (χ3v) is 3.25. The molecule has 0 atom stereocenters. The first-order valence-electron chi connectivity index (χ1n) is 6.62. The lowest BCUT2D eigenvalue weighted by Gasteiger charge is -2.17. The molecule has 0 aliphatic heterocycles. The topological polar surface area (TPSA) is 46.3 Å². The van der Waals surface area contributed by atoms with Gasteiger partial charge in [0.1, 0.15) is 0 Å². The molecule has 3 nitrogen and oxygen atoms in total. The fourth-order valence-corrected chi connectivity index (χ4v) is 2.14. The Bertz CT molecular complexity index is 565. The van der Waals surface area contributed by atoms with Crippen LogP contribution in [0.2, 0.25) is 0 Å². The highest BCUT2D eigenvalue weighted by atomic mass is 16.2. The van der Waals surface area contributed by atoms with Crippen LogP contribution in [-0.4, -0.2) is 24.4 Å². The normalized spacial score (nSPS) is 10.6. The van der Waals surface area contributed by atoms with E-state index in [9.17, 15) is 4.79 Å². The summed E-state index contributed by atoms with van der Waals surface area (Å²) >= 11 is 0. The second-order valence-electron chi connectivity index (χ2n) is 4.82. The van der Waals surface area contributed by atoms with Crippen LogP contribution in [-0.2, 0) is 11.3 Å². The molecule has 2 N–H and O–H groups in total. The molecule has 0 aliphatic rings. The smallest absolute Gasteiger partial charge is 0.222 e. The summed E-state index contributed by atoms with van der Waals surface area (Å²) in [7, 11) is 1.84. The summed E-state index contributed by atoms with van der Waals surface area (Å²) in [5, 5.41) is 2.44. The van der Waals surface area contributed by atoms with Crippen molar-refractivity contribution in [2.24, 2.45) is 5.73 Å². The number of rotatable bonds is 5. The zero-order chi connectivity index (χ0) is 13.7. The fraction of sp³-hybridized carbons (Fsp3) is 0.312. The summed E-state index contributed by atoms with van der Waals surface area (Å²) in [5.41, 5.74) is 6.58. The van der Waals surface area contributed by atoms with E-state index in [2.05, 4.69) is 30.3 Å². The first kappa shape index (κ1) is 13.6. The summed E-state index contributed by atoms with van der Waals surface area (Å²) in [4.78, 5) is 13.6. The van der Waals surface area contributed by atoms with Gasteiger partial charge in [-0.25, -0.2) is 0 Å². The monoisotopic (exact) mass is 256 g/mol. The lowest BCUT2D eigenvalue weighted by molar-refractivity contribution is -0.130. The van der Waals surface area contributed by atoms with Crippen molar-refractivity contribution in [3.63, 3.8) is 0 Å². The van der Waals surface area contributed by atoms with Crippen molar-refractivity contribution in [3.05, 3.63) is 48.0 Å². The Labute approximate surface area is 114 Å². The zero-order valence-electron chi connectivity index (χ0n) is 11.3. The molecule has 0 aromatic heterocycles. The minimum Gasteiger partial charge on any atom is -0.341 e. The van der Waals surface area contributed by atoms with Crippen LogP contribution < -0.4 is 5.73 Å². The Morgan fingerprint density at radius 3 is 2.63 bits per heavy atom. The Morgan fingerprint density at radius 2 is 1.89 bits per heavy atom. The molecule has 2 aromatic rings. The Morgan fingerprint density at radius 1 is 1.16 bits per heavy atom. The Hall–Kier alpha value is -1.87. The van der Waals surface area contributed by atoms with Crippen LogP contribution in [0.1, 0.15) is 18.4 Å². The average Bonchev–Trinajstić information content (AvgIpc) is 2.44. The predicted octanol–water partition coefficient (Wildman–Crippen LogP) is 2.54. The van der Waals surface area contributed by atoms with Gasteiger partial charge in [-0.05, 0) is 35.4 Å². The van der Waals surface area contributed by atoms with Gasteiger partial charge in [-0.2, -0.15) is 0 Å². The average molecular weight is 256 g/mol. The summed E-state index contributed by atoms with van der Waals surface area (Å²) in [6, 6.07) is 14.6. The maximum atomic E-state index is 11.8. The van der Waals surface area contributed by atoms with Crippen LogP contribution in [0.4, 0.5) is 0 Å². The van der Waals surface area contributed by atoms with Crippen molar-refractivity contribution in [2.75, 3.05) is 13.6 Å². The molecule has 0 saturated carbocycles. The van der Waals surface area contributed by atoms with E-state index in [0.717, 1.165) is 12.0 Å². The van der Waals surface area contributed by atoms with Gasteiger partial charge in [0.15, 0.2) is 0 Å². The number of benzene rings is 2. The van der Waals surface area contributed by atoms with Crippen LogP contribution in [0.25, 0.3) is 10.8 Å². The highest BCUT2D eigenvalue weighted by Crippen LogP contribution is 2.16. The number of fused-ring (bicyclic) bond motifs is 1. The number of hydrogen-bond donors (Lipinski definition) is 1. The standard InChI is InChI=1S/C16H20N2O/c1-18(16(19)7-4-10-17)12-13-8-9-14-5-2-3-6-15(14)11-13/h2-3,5-6,8-9,11H,4,7,10,12,17H2,1H3. The largest absolute Gasteiger partial charge is 0.341 e. The highest BCUT2D eigenvalue weighted by Gasteiger charge is 2.08. The van der Waals surface area contributed by atoms with Gasteiger partial charge in [0, 0.05) is 20.0 Å². The van der Waals surface area contributed by atoms with Crippen molar-refractivity contribution in [3.8, 4) is 0 Å². The van der Waals surface area contributed by atoms with Gasteiger partial charge in [-0.1, -0.05) is 36.4 Å². The minimum atomic E-state index is 0.151. The second-order valence-corrected chi connectivity index (χ2v) is 4.82. The molecule has 100 valence electrons. The first-order valence-corrected chi connectivity index (χ1v) is 6.62. The van der Waals surface area contributed by atoms with Crippen molar-refractivity contribution < 1.29 is 4.79 Å². The Kier molecular flexibility index (Phi) is 4.53. The van der Waals surface area contributed by atoms with Crippen LogP contribution >= 0.6 is 0 Å². The number of nitrogens with zero attached hydrogens (tertiary/aromatic N) is 1. The molecule has 0 fully saturated rings. The summed E-state index contributed by atoms with van der Waals surface area (Å²) in [6.45, 7) is 1.21. The molecule has 1 amide bonds. The van der Waals surface area contributed by atoms with Crippen molar-refractivity contribution in [2.45, 2.75) is 19.4 Å². The number of nitrogens with two attached hydrogens (primary N) is 1. The molecular weight excluding hydrogens is 236 g/mol. The number of hydrogen-bond acceptors (Lipinski definition) is 2. The van der Waals surface area contributed by atoms with Gasteiger partial charge in [0.25, 0.3) is 0 Å². The van der Waals surface area contributed by atoms with Gasteiger partial charge in [-0.3, -0.25) is 4.79 Å². The lowest BCUT2D eigenvalue weighted by Crippen LogP contribution is -2.26. The maximum Gasteiger partial charge on any atom is 0.222 e. The first-order chi connectivity index (χ1) is 9.20. The van der Waals surface area contributed by atoms with Crippen molar-refractivity contribution in [1.29, 1.82) is 0 Å².